The summed E-state index contributed by atoms with van der Waals surface area (Å²) in [5.41, 5.74) is 12.9. The van der Waals surface area contributed by atoms with Crippen molar-refractivity contribution in [2.45, 2.75) is 69.3 Å². The van der Waals surface area contributed by atoms with E-state index in [1.807, 2.05) is 0 Å². The summed E-state index contributed by atoms with van der Waals surface area (Å²) in [5, 5.41) is 36.8. The third kappa shape index (κ3) is 10.6. The van der Waals surface area contributed by atoms with E-state index in [0.29, 0.717) is 30.5 Å². The van der Waals surface area contributed by atoms with Gasteiger partial charge in [0.15, 0.2) is 0 Å². The molecular weight excluding hydrogens is 518 g/mol. The number of nitrogens with two attached hydrogens (primary N) is 2. The van der Waals surface area contributed by atoms with Crippen molar-refractivity contribution < 1.29 is 34.5 Å². The van der Waals surface area contributed by atoms with Gasteiger partial charge in [-0.15, -0.1) is 0 Å². The van der Waals surface area contributed by atoms with E-state index in [2.05, 4.69) is 16.0 Å². The maximum Gasteiger partial charge on any atom is 0.326 e. The maximum absolute atomic E-state index is 13.1. The Kier molecular flexibility index (Phi) is 13.0. The average molecular weight is 558 g/mol. The van der Waals surface area contributed by atoms with E-state index >= 15 is 0 Å². The Morgan fingerprint density at radius 1 is 0.800 bits per heavy atom. The van der Waals surface area contributed by atoms with Gasteiger partial charge in [0.25, 0.3) is 0 Å². The van der Waals surface area contributed by atoms with Crippen molar-refractivity contribution in [3.63, 3.8) is 0 Å². The fourth-order valence-electron chi connectivity index (χ4n) is 3.99. The Balaban J connectivity index is 2.10. The number of aromatic hydroxyl groups is 1. The number of aliphatic carboxylic acids is 1. The molecule has 0 saturated carbocycles. The highest BCUT2D eigenvalue weighted by Gasteiger charge is 2.32. The summed E-state index contributed by atoms with van der Waals surface area (Å²) in [7, 11) is 0. The number of carboxylic acids is 1. The molecule has 12 nitrogen and oxygen atoms in total. The molecule has 0 aromatic heterocycles. The molecule has 2 rings (SSSR count). The molecule has 3 amide bonds. The van der Waals surface area contributed by atoms with Gasteiger partial charge in [0.1, 0.15) is 23.9 Å². The highest BCUT2D eigenvalue weighted by Crippen LogP contribution is 2.11. The molecular formula is C28H39N5O7. The Morgan fingerprint density at radius 3 is 1.98 bits per heavy atom. The van der Waals surface area contributed by atoms with E-state index in [0.717, 1.165) is 0 Å². The number of carboxylic acid groups (broad SMARTS) is 1. The van der Waals surface area contributed by atoms with E-state index in [1.165, 1.54) is 19.1 Å². The normalized spacial score (nSPS) is 14.7. The molecule has 5 atom stereocenters. The molecule has 0 aliphatic carbocycles. The average Bonchev–Trinajstić information content (AvgIpc) is 2.92. The summed E-state index contributed by atoms with van der Waals surface area (Å²) in [6, 6.07) is 10.0. The van der Waals surface area contributed by atoms with Crippen molar-refractivity contribution in [3.8, 4) is 5.75 Å². The molecule has 0 aliphatic heterocycles. The number of rotatable bonds is 16. The molecule has 0 fully saturated rings. The number of hydrogen-bond acceptors (Lipinski definition) is 8. The van der Waals surface area contributed by atoms with E-state index in [4.69, 9.17) is 11.5 Å². The predicted molar refractivity (Wildman–Crippen MR) is 148 cm³/mol. The summed E-state index contributed by atoms with van der Waals surface area (Å²) in [5.74, 6) is -3.42. The van der Waals surface area contributed by atoms with Crippen molar-refractivity contribution in [2.75, 3.05) is 6.54 Å². The third-order valence-corrected chi connectivity index (χ3v) is 6.27. The predicted octanol–water partition coefficient (Wildman–Crippen LogP) is -0.446. The zero-order valence-corrected chi connectivity index (χ0v) is 22.5. The van der Waals surface area contributed by atoms with Crippen molar-refractivity contribution in [2.24, 2.45) is 11.5 Å². The molecule has 0 bridgehead atoms. The van der Waals surface area contributed by atoms with E-state index in [1.54, 1.807) is 42.5 Å². The lowest BCUT2D eigenvalue weighted by atomic mass is 10.0. The van der Waals surface area contributed by atoms with Crippen molar-refractivity contribution in [3.05, 3.63) is 65.7 Å². The number of aliphatic hydroxyl groups is 1. The lowest BCUT2D eigenvalue weighted by Crippen LogP contribution is -2.60. The van der Waals surface area contributed by atoms with E-state index in [9.17, 15) is 34.5 Å². The van der Waals surface area contributed by atoms with Gasteiger partial charge in [0.05, 0.1) is 12.1 Å². The molecule has 0 radical (unpaired) electrons. The summed E-state index contributed by atoms with van der Waals surface area (Å²) in [6.45, 7) is 1.67. The van der Waals surface area contributed by atoms with Crippen LogP contribution in [-0.4, -0.2) is 75.8 Å². The van der Waals surface area contributed by atoms with Crippen LogP contribution in [0.2, 0.25) is 0 Å². The quantitative estimate of drug-likeness (QED) is 0.125. The summed E-state index contributed by atoms with van der Waals surface area (Å²) < 4.78 is 0. The van der Waals surface area contributed by atoms with E-state index < -0.39 is 54.0 Å². The first kappa shape index (κ1) is 32.2. The van der Waals surface area contributed by atoms with E-state index in [-0.39, 0.29) is 25.0 Å². The Labute approximate surface area is 233 Å². The number of benzene rings is 2. The van der Waals surface area contributed by atoms with Gasteiger partial charge < -0.3 is 42.7 Å². The molecule has 0 spiro atoms. The largest absolute Gasteiger partial charge is 0.508 e. The SMILES string of the molecule is CC(O)C(NC(=O)C(N)Cc1ccc(O)cc1)C(=O)NC(CCCCN)C(=O)NC(Cc1ccccc1)C(=O)O. The second kappa shape index (κ2) is 16.2. The highest BCUT2D eigenvalue weighted by atomic mass is 16.4. The summed E-state index contributed by atoms with van der Waals surface area (Å²) >= 11 is 0. The highest BCUT2D eigenvalue weighted by molar-refractivity contribution is 5.94. The maximum atomic E-state index is 13.1. The minimum Gasteiger partial charge on any atom is -0.508 e. The molecule has 0 saturated heterocycles. The smallest absolute Gasteiger partial charge is 0.326 e. The Bertz CT molecular complexity index is 1110. The number of nitrogens with one attached hydrogen (secondary N) is 3. The first-order valence-corrected chi connectivity index (χ1v) is 13.1. The molecule has 2 aromatic rings. The van der Waals surface area contributed by atoms with Crippen molar-refractivity contribution in [1.29, 1.82) is 0 Å². The molecule has 40 heavy (non-hydrogen) atoms. The Morgan fingerprint density at radius 2 is 1.40 bits per heavy atom. The minimum absolute atomic E-state index is 0.0383. The number of amides is 3. The molecule has 0 aliphatic rings. The Hall–Kier alpha value is -4.00. The number of phenolic OH excluding ortho intramolecular Hbond substituents is 1. The number of aliphatic hydroxyl groups excluding tert-OH is 1. The molecule has 12 heteroatoms. The first-order chi connectivity index (χ1) is 19.0. The molecule has 2 aromatic carbocycles. The first-order valence-electron chi connectivity index (χ1n) is 13.1. The number of carbonyl (C=O) groups excluding carboxylic acids is 3. The van der Waals surface area contributed by atoms with Crippen molar-refractivity contribution in [1.82, 2.24) is 16.0 Å². The topological polar surface area (TPSA) is 217 Å². The lowest BCUT2D eigenvalue weighted by molar-refractivity contribution is -0.142. The van der Waals surface area contributed by atoms with Crippen LogP contribution in [0.25, 0.3) is 0 Å². The number of phenols is 1. The van der Waals surface area contributed by atoms with Crippen LogP contribution in [0.15, 0.2) is 54.6 Å². The fourth-order valence-corrected chi connectivity index (χ4v) is 3.99. The monoisotopic (exact) mass is 557 g/mol. The van der Waals surface area contributed by atoms with Gasteiger partial charge in [0, 0.05) is 6.42 Å². The number of hydrogen-bond donors (Lipinski definition) is 8. The third-order valence-electron chi connectivity index (χ3n) is 6.27. The zero-order valence-electron chi connectivity index (χ0n) is 22.5. The van der Waals surface area contributed by atoms with Gasteiger partial charge in [-0.25, -0.2) is 4.79 Å². The van der Waals surface area contributed by atoms with Crippen LogP contribution in [0.5, 0.6) is 5.75 Å². The van der Waals surface area contributed by atoms with Crippen LogP contribution < -0.4 is 27.4 Å². The minimum atomic E-state index is -1.43. The second-order valence-electron chi connectivity index (χ2n) is 9.64. The second-order valence-corrected chi connectivity index (χ2v) is 9.64. The van der Waals surface area contributed by atoms with Crippen LogP contribution in [-0.2, 0) is 32.0 Å². The summed E-state index contributed by atoms with van der Waals surface area (Å²) in [4.78, 5) is 50.8. The lowest BCUT2D eigenvalue weighted by Gasteiger charge is -2.26. The van der Waals surface area contributed by atoms with Gasteiger partial charge >= 0.3 is 5.97 Å². The number of carbonyl (C=O) groups is 4. The van der Waals surface area contributed by atoms with Gasteiger partial charge in [-0.2, -0.15) is 0 Å². The fraction of sp³-hybridized carbons (Fsp3) is 0.429. The van der Waals surface area contributed by atoms with Crippen LogP contribution >= 0.6 is 0 Å². The van der Waals surface area contributed by atoms with Crippen LogP contribution in [0.3, 0.4) is 0 Å². The van der Waals surface area contributed by atoms with Crippen molar-refractivity contribution >= 4 is 23.7 Å². The van der Waals surface area contributed by atoms with Gasteiger partial charge in [-0.3, -0.25) is 14.4 Å². The molecule has 10 N–H and O–H groups in total. The van der Waals surface area contributed by atoms with Gasteiger partial charge in [-0.1, -0.05) is 42.5 Å². The number of unbranched alkanes of at least 4 members (excludes halogenated alkanes) is 1. The van der Waals surface area contributed by atoms with Crippen LogP contribution in [0.4, 0.5) is 0 Å². The van der Waals surface area contributed by atoms with Gasteiger partial charge in [-0.05, 0) is 62.4 Å². The standard InChI is InChI=1S/C28H39N5O7/c1-17(34)24(33-25(36)21(30)15-19-10-12-20(35)13-11-19)27(38)31-22(9-5-6-14-29)26(37)32-23(28(39)40)16-18-7-3-2-4-8-18/h2-4,7-8,10-13,17,21-24,34-35H,5-6,9,14-16,29-30H2,1H3,(H,31,38)(H,32,37)(H,33,36)(H,39,40). The molecule has 218 valence electrons. The zero-order chi connectivity index (χ0) is 29.7. The molecule has 0 heterocycles. The van der Waals surface area contributed by atoms with Gasteiger partial charge in [0.2, 0.25) is 17.7 Å². The van der Waals surface area contributed by atoms with Crippen LogP contribution in [0, 0.1) is 0 Å². The molecule has 5 unspecified atom stereocenters. The summed E-state index contributed by atoms with van der Waals surface area (Å²) in [6.07, 6.45) is 0.0117. The van der Waals surface area contributed by atoms with Crippen LogP contribution in [0.1, 0.15) is 37.3 Å².